The molecule has 2 rings (SSSR count). The summed E-state index contributed by atoms with van der Waals surface area (Å²) >= 11 is 0. The van der Waals surface area contributed by atoms with Gasteiger partial charge in [-0.3, -0.25) is 14.6 Å². The van der Waals surface area contributed by atoms with Crippen molar-refractivity contribution in [3.05, 3.63) is 35.9 Å². The molecule has 0 unspecified atom stereocenters. The van der Waals surface area contributed by atoms with E-state index < -0.39 is 5.97 Å². The summed E-state index contributed by atoms with van der Waals surface area (Å²) in [6.45, 7) is 7.29. The van der Waals surface area contributed by atoms with Gasteiger partial charge in [-0.1, -0.05) is 30.3 Å². The lowest BCUT2D eigenvalue weighted by atomic mass is 10.1. The van der Waals surface area contributed by atoms with Crippen molar-refractivity contribution in [1.29, 1.82) is 0 Å². The Kier molecular flexibility index (Phi) is 5.56. The topological polar surface area (TPSA) is 43.8 Å². The lowest BCUT2D eigenvalue weighted by Crippen LogP contribution is -2.51. The Bertz CT molecular complexity index is 422. The summed E-state index contributed by atoms with van der Waals surface area (Å²) in [5.41, 5.74) is 1.36. The summed E-state index contributed by atoms with van der Waals surface area (Å²) in [5, 5.41) is 8.69. The molecule has 0 aliphatic carbocycles. The minimum absolute atomic E-state index is 0.275. The third-order valence-electron chi connectivity index (χ3n) is 3.93. The molecule has 1 aromatic rings. The molecular formula is C16H24N2O2. The fraction of sp³-hybridized carbons (Fsp3) is 0.562. The highest BCUT2D eigenvalue weighted by molar-refractivity contribution is 5.66. The third-order valence-corrected chi connectivity index (χ3v) is 3.93. The quantitative estimate of drug-likeness (QED) is 0.863. The van der Waals surface area contributed by atoms with E-state index in [1.165, 1.54) is 5.56 Å². The van der Waals surface area contributed by atoms with Crippen LogP contribution < -0.4 is 0 Å². The lowest BCUT2D eigenvalue weighted by molar-refractivity contribution is -0.137. The summed E-state index contributed by atoms with van der Waals surface area (Å²) in [4.78, 5) is 15.4. The standard InChI is InChI=1S/C16H24N2O2/c1-14-12-17(13-15-6-3-2-4-7-15)10-11-18(14)9-5-8-16(19)20/h2-4,6-7,14H,5,8-13H2,1H3,(H,19,20)/t14-/m1/s1. The average molecular weight is 276 g/mol. The largest absolute Gasteiger partial charge is 0.481 e. The molecule has 0 radical (unpaired) electrons. The Morgan fingerprint density at radius 3 is 2.70 bits per heavy atom. The summed E-state index contributed by atoms with van der Waals surface area (Å²) in [7, 11) is 0. The first-order chi connectivity index (χ1) is 9.65. The van der Waals surface area contributed by atoms with Crippen LogP contribution in [-0.4, -0.2) is 53.1 Å². The fourth-order valence-electron chi connectivity index (χ4n) is 2.82. The van der Waals surface area contributed by atoms with Crippen molar-refractivity contribution < 1.29 is 9.90 Å². The number of carboxylic acids is 1. The molecule has 1 fully saturated rings. The number of carbonyl (C=O) groups is 1. The summed E-state index contributed by atoms with van der Waals surface area (Å²) < 4.78 is 0. The van der Waals surface area contributed by atoms with Crippen molar-refractivity contribution in [3.8, 4) is 0 Å². The molecule has 0 amide bonds. The molecule has 4 nitrogen and oxygen atoms in total. The molecule has 110 valence electrons. The fourth-order valence-corrected chi connectivity index (χ4v) is 2.82. The van der Waals surface area contributed by atoms with Gasteiger partial charge in [-0.15, -0.1) is 0 Å². The summed E-state index contributed by atoms with van der Waals surface area (Å²) in [5.74, 6) is -0.694. The van der Waals surface area contributed by atoms with Crippen LogP contribution in [0.25, 0.3) is 0 Å². The number of hydrogen-bond acceptors (Lipinski definition) is 3. The zero-order chi connectivity index (χ0) is 14.4. The molecule has 1 aliphatic rings. The van der Waals surface area contributed by atoms with Crippen molar-refractivity contribution in [3.63, 3.8) is 0 Å². The van der Waals surface area contributed by atoms with Gasteiger partial charge in [0.25, 0.3) is 0 Å². The predicted molar refractivity (Wildman–Crippen MR) is 79.6 cm³/mol. The van der Waals surface area contributed by atoms with Crippen LogP contribution in [0.1, 0.15) is 25.3 Å². The Morgan fingerprint density at radius 1 is 1.30 bits per heavy atom. The van der Waals surface area contributed by atoms with Crippen molar-refractivity contribution in [1.82, 2.24) is 9.80 Å². The third kappa shape index (κ3) is 4.62. The molecule has 0 saturated carbocycles. The molecule has 1 aliphatic heterocycles. The van der Waals surface area contributed by atoms with Gasteiger partial charge < -0.3 is 5.11 Å². The van der Waals surface area contributed by atoms with Gasteiger partial charge in [0.2, 0.25) is 0 Å². The average Bonchev–Trinajstić information content (AvgIpc) is 2.42. The monoisotopic (exact) mass is 276 g/mol. The van der Waals surface area contributed by atoms with Gasteiger partial charge in [0.1, 0.15) is 0 Å². The van der Waals surface area contributed by atoms with Gasteiger partial charge >= 0.3 is 5.97 Å². The van der Waals surface area contributed by atoms with E-state index in [9.17, 15) is 4.79 Å². The van der Waals surface area contributed by atoms with Crippen LogP contribution in [-0.2, 0) is 11.3 Å². The van der Waals surface area contributed by atoms with E-state index in [0.717, 1.165) is 39.1 Å². The second kappa shape index (κ2) is 7.41. The van der Waals surface area contributed by atoms with Gasteiger partial charge in [-0.2, -0.15) is 0 Å². The molecule has 1 heterocycles. The van der Waals surface area contributed by atoms with E-state index in [0.29, 0.717) is 6.04 Å². The Hall–Kier alpha value is -1.39. The van der Waals surface area contributed by atoms with E-state index in [4.69, 9.17) is 5.11 Å². The highest BCUT2D eigenvalue weighted by Gasteiger charge is 2.23. The maximum absolute atomic E-state index is 10.6. The first-order valence-electron chi connectivity index (χ1n) is 7.37. The van der Waals surface area contributed by atoms with E-state index in [-0.39, 0.29) is 6.42 Å². The summed E-state index contributed by atoms with van der Waals surface area (Å²) in [6, 6.07) is 11.1. The normalized spacial score (nSPS) is 20.9. The SMILES string of the molecule is C[C@@H]1CN(Cc2ccccc2)CCN1CCCC(=O)O. The number of rotatable bonds is 6. The predicted octanol–water partition coefficient (Wildman–Crippen LogP) is 2.06. The van der Waals surface area contributed by atoms with Crippen LogP contribution >= 0.6 is 0 Å². The van der Waals surface area contributed by atoms with Crippen molar-refractivity contribution in [2.45, 2.75) is 32.4 Å². The van der Waals surface area contributed by atoms with Crippen molar-refractivity contribution in [2.24, 2.45) is 0 Å². The van der Waals surface area contributed by atoms with Crippen LogP contribution in [0.2, 0.25) is 0 Å². The molecular weight excluding hydrogens is 252 g/mol. The number of aliphatic carboxylic acids is 1. The van der Waals surface area contributed by atoms with Crippen molar-refractivity contribution >= 4 is 5.97 Å². The summed E-state index contributed by atoms with van der Waals surface area (Å²) in [6.07, 6.45) is 1.02. The van der Waals surface area contributed by atoms with Gasteiger partial charge in [-0.25, -0.2) is 0 Å². The Morgan fingerprint density at radius 2 is 2.05 bits per heavy atom. The van der Waals surface area contributed by atoms with E-state index in [1.807, 2.05) is 6.07 Å². The van der Waals surface area contributed by atoms with Gasteiger partial charge in [0, 0.05) is 38.6 Å². The van der Waals surface area contributed by atoms with Gasteiger partial charge in [-0.05, 0) is 25.5 Å². The van der Waals surface area contributed by atoms with Gasteiger partial charge in [0.15, 0.2) is 0 Å². The maximum atomic E-state index is 10.6. The van der Waals surface area contributed by atoms with Crippen LogP contribution in [0.5, 0.6) is 0 Å². The smallest absolute Gasteiger partial charge is 0.303 e. The number of nitrogens with zero attached hydrogens (tertiary/aromatic N) is 2. The van der Waals surface area contributed by atoms with E-state index in [1.54, 1.807) is 0 Å². The molecule has 0 spiro atoms. The Balaban J connectivity index is 1.75. The van der Waals surface area contributed by atoms with Crippen molar-refractivity contribution in [2.75, 3.05) is 26.2 Å². The molecule has 20 heavy (non-hydrogen) atoms. The number of piperazine rings is 1. The van der Waals surface area contributed by atoms with Crippen LogP contribution in [0, 0.1) is 0 Å². The maximum Gasteiger partial charge on any atom is 0.303 e. The Labute approximate surface area is 121 Å². The van der Waals surface area contributed by atoms with E-state index in [2.05, 4.69) is 41.0 Å². The number of benzene rings is 1. The molecule has 1 saturated heterocycles. The van der Waals surface area contributed by atoms with Crippen LogP contribution in [0.4, 0.5) is 0 Å². The van der Waals surface area contributed by atoms with E-state index >= 15 is 0 Å². The molecule has 4 heteroatoms. The number of hydrogen-bond donors (Lipinski definition) is 1. The highest BCUT2D eigenvalue weighted by Crippen LogP contribution is 2.13. The first kappa shape index (κ1) is 15.0. The zero-order valence-electron chi connectivity index (χ0n) is 12.2. The molecule has 1 N–H and O–H groups in total. The zero-order valence-corrected chi connectivity index (χ0v) is 12.2. The lowest BCUT2D eigenvalue weighted by Gasteiger charge is -2.40. The van der Waals surface area contributed by atoms with Crippen LogP contribution in [0.3, 0.4) is 0 Å². The highest BCUT2D eigenvalue weighted by atomic mass is 16.4. The molecule has 1 aromatic carbocycles. The minimum Gasteiger partial charge on any atom is -0.481 e. The van der Waals surface area contributed by atoms with Gasteiger partial charge in [0.05, 0.1) is 0 Å². The second-order valence-corrected chi connectivity index (χ2v) is 5.60. The minimum atomic E-state index is -0.694. The number of carboxylic acid groups (broad SMARTS) is 1. The first-order valence-corrected chi connectivity index (χ1v) is 7.37. The molecule has 0 bridgehead atoms. The van der Waals surface area contributed by atoms with Crippen LogP contribution in [0.15, 0.2) is 30.3 Å². The molecule has 1 atom stereocenters. The molecule has 0 aromatic heterocycles. The second-order valence-electron chi connectivity index (χ2n) is 5.60.